The molecule has 29 heavy (non-hydrogen) atoms. The van der Waals surface area contributed by atoms with Crippen molar-refractivity contribution in [1.29, 1.82) is 0 Å². The molecule has 1 aliphatic rings. The van der Waals surface area contributed by atoms with Crippen LogP contribution < -0.4 is 10.6 Å². The summed E-state index contributed by atoms with van der Waals surface area (Å²) in [5.74, 6) is -0.817. The van der Waals surface area contributed by atoms with Gasteiger partial charge in [-0.1, -0.05) is 20.8 Å². The van der Waals surface area contributed by atoms with Gasteiger partial charge in [-0.3, -0.25) is 14.5 Å². The molecule has 10 heteroatoms. The molecule has 0 aromatic carbocycles. The van der Waals surface area contributed by atoms with Crippen LogP contribution >= 0.6 is 12.2 Å². The Kier molecular flexibility index (Phi) is 19.4. The van der Waals surface area contributed by atoms with E-state index >= 15 is 0 Å². The van der Waals surface area contributed by atoms with Gasteiger partial charge in [0.1, 0.15) is 0 Å². The van der Waals surface area contributed by atoms with Gasteiger partial charge in [-0.05, 0) is 31.5 Å². The molecule has 3 unspecified atom stereocenters. The second-order valence-electron chi connectivity index (χ2n) is 6.10. The third-order valence-corrected chi connectivity index (χ3v) is 4.69. The monoisotopic (exact) mass is 506 g/mol. The predicted octanol–water partition coefficient (Wildman–Crippen LogP) is 0.574. The van der Waals surface area contributed by atoms with Gasteiger partial charge in [0.2, 0.25) is 0 Å². The van der Waals surface area contributed by atoms with Crippen LogP contribution in [-0.4, -0.2) is 77.6 Å². The van der Waals surface area contributed by atoms with Crippen molar-refractivity contribution in [3.63, 3.8) is 0 Å². The molecule has 2 amide bonds. The Morgan fingerprint density at radius 2 is 1.76 bits per heavy atom. The average molecular weight is 506 g/mol. The number of nitrogens with zero attached hydrogens (tertiary/aromatic N) is 1. The molecular weight excluding hydrogens is 471 g/mol. The first-order valence-corrected chi connectivity index (χ1v) is 10.2. The van der Waals surface area contributed by atoms with Gasteiger partial charge >= 0.3 is 0 Å². The minimum Gasteiger partial charge on any atom is -0.396 e. The SMILES string of the molecule is CC.CCC(CO)C(O)C(CCCNC(=S)NCCN1C(=O)C=CC1=O)OC.[Y]. The van der Waals surface area contributed by atoms with Gasteiger partial charge < -0.3 is 25.6 Å². The van der Waals surface area contributed by atoms with E-state index in [1.165, 1.54) is 12.2 Å². The summed E-state index contributed by atoms with van der Waals surface area (Å²) in [6.45, 7) is 7.07. The van der Waals surface area contributed by atoms with Gasteiger partial charge in [0, 0.05) is 84.1 Å². The second-order valence-corrected chi connectivity index (χ2v) is 6.51. The van der Waals surface area contributed by atoms with Gasteiger partial charge in [0.05, 0.1) is 12.2 Å². The van der Waals surface area contributed by atoms with Crippen molar-refractivity contribution in [1.82, 2.24) is 15.5 Å². The molecule has 3 atom stereocenters. The summed E-state index contributed by atoms with van der Waals surface area (Å²) in [6, 6.07) is 0. The van der Waals surface area contributed by atoms with Crippen LogP contribution in [0.4, 0.5) is 0 Å². The number of aliphatic hydroxyl groups excluding tert-OH is 2. The Morgan fingerprint density at radius 3 is 2.24 bits per heavy atom. The summed E-state index contributed by atoms with van der Waals surface area (Å²) in [6.07, 6.45) is 3.50. The molecule has 0 aromatic rings. The minimum absolute atomic E-state index is 0. The van der Waals surface area contributed by atoms with E-state index in [4.69, 9.17) is 17.0 Å². The summed E-state index contributed by atoms with van der Waals surface area (Å²) in [5, 5.41) is 25.9. The molecule has 0 aliphatic carbocycles. The van der Waals surface area contributed by atoms with E-state index in [0.717, 1.165) is 11.3 Å². The maximum Gasteiger partial charge on any atom is 0.253 e. The van der Waals surface area contributed by atoms with Crippen molar-refractivity contribution in [2.24, 2.45) is 5.92 Å². The fourth-order valence-electron chi connectivity index (χ4n) is 2.71. The number of carbonyl (C=O) groups is 2. The smallest absolute Gasteiger partial charge is 0.253 e. The number of methoxy groups -OCH3 is 1. The number of ether oxygens (including phenoxy) is 1. The zero-order valence-corrected chi connectivity index (χ0v) is 21.5. The molecule has 1 radical (unpaired) electrons. The van der Waals surface area contributed by atoms with Crippen LogP contribution in [-0.2, 0) is 47.0 Å². The van der Waals surface area contributed by atoms with Crippen LogP contribution in [0.1, 0.15) is 40.0 Å². The minimum atomic E-state index is -0.704. The first-order valence-electron chi connectivity index (χ1n) is 9.81. The van der Waals surface area contributed by atoms with E-state index < -0.39 is 6.10 Å². The van der Waals surface area contributed by atoms with Crippen LogP contribution in [0.5, 0.6) is 0 Å². The van der Waals surface area contributed by atoms with E-state index in [0.29, 0.717) is 31.0 Å². The number of amides is 2. The Morgan fingerprint density at radius 1 is 1.21 bits per heavy atom. The zero-order valence-electron chi connectivity index (χ0n) is 17.9. The normalized spacial score (nSPS) is 15.7. The van der Waals surface area contributed by atoms with E-state index in [1.807, 2.05) is 20.8 Å². The van der Waals surface area contributed by atoms with Crippen molar-refractivity contribution in [3.05, 3.63) is 12.2 Å². The molecule has 0 saturated heterocycles. The number of rotatable bonds is 12. The average Bonchev–Trinajstić information content (AvgIpc) is 3.02. The molecule has 0 bridgehead atoms. The number of nitrogens with one attached hydrogen (secondary N) is 2. The van der Waals surface area contributed by atoms with Gasteiger partial charge in [-0.25, -0.2) is 0 Å². The van der Waals surface area contributed by atoms with Crippen molar-refractivity contribution in [2.45, 2.75) is 52.2 Å². The van der Waals surface area contributed by atoms with E-state index in [1.54, 1.807) is 7.11 Å². The molecule has 4 N–H and O–H groups in total. The molecule has 1 aliphatic heterocycles. The van der Waals surface area contributed by atoms with Crippen LogP contribution in [0.25, 0.3) is 0 Å². The number of hydrogen-bond donors (Lipinski definition) is 4. The predicted molar refractivity (Wildman–Crippen MR) is 113 cm³/mol. The number of carbonyl (C=O) groups excluding carboxylic acids is 2. The van der Waals surface area contributed by atoms with Crippen molar-refractivity contribution >= 4 is 29.1 Å². The largest absolute Gasteiger partial charge is 0.396 e. The summed E-state index contributed by atoms with van der Waals surface area (Å²) < 4.78 is 5.33. The van der Waals surface area contributed by atoms with Crippen molar-refractivity contribution in [2.75, 3.05) is 33.4 Å². The first kappa shape index (κ1) is 30.7. The Balaban J connectivity index is 0. The quantitative estimate of drug-likeness (QED) is 0.173. The molecule has 0 aromatic heterocycles. The fourth-order valence-corrected chi connectivity index (χ4v) is 2.91. The van der Waals surface area contributed by atoms with Crippen LogP contribution in [0.3, 0.4) is 0 Å². The van der Waals surface area contributed by atoms with Gasteiger partial charge in [0.15, 0.2) is 5.11 Å². The number of aliphatic hydroxyl groups is 2. The Bertz CT molecular complexity index is 500. The maximum absolute atomic E-state index is 11.4. The first-order chi connectivity index (χ1) is 13.4. The Hall–Kier alpha value is -0.446. The van der Waals surface area contributed by atoms with Crippen molar-refractivity contribution < 1.29 is 57.2 Å². The van der Waals surface area contributed by atoms with E-state index in [9.17, 15) is 19.8 Å². The molecule has 0 fully saturated rings. The number of hydrogen-bond acceptors (Lipinski definition) is 6. The Labute approximate surface area is 204 Å². The summed E-state index contributed by atoms with van der Waals surface area (Å²) in [7, 11) is 1.55. The second kappa shape index (κ2) is 18.3. The fraction of sp³-hybridized carbons (Fsp3) is 0.737. The van der Waals surface area contributed by atoms with Crippen molar-refractivity contribution in [3.8, 4) is 0 Å². The van der Waals surface area contributed by atoms with Crippen LogP contribution in [0.15, 0.2) is 12.2 Å². The van der Waals surface area contributed by atoms with Crippen LogP contribution in [0, 0.1) is 5.92 Å². The molecule has 1 heterocycles. The molecule has 8 nitrogen and oxygen atoms in total. The molecular formula is C19H35N3O5SY. The molecule has 0 saturated carbocycles. The summed E-state index contributed by atoms with van der Waals surface area (Å²) in [5.41, 5.74) is 0. The molecule has 0 spiro atoms. The molecule has 1 rings (SSSR count). The summed E-state index contributed by atoms with van der Waals surface area (Å²) in [4.78, 5) is 24.0. The molecule has 165 valence electrons. The van der Waals surface area contributed by atoms with E-state index in [2.05, 4.69) is 10.6 Å². The van der Waals surface area contributed by atoms with Gasteiger partial charge in [-0.2, -0.15) is 0 Å². The third kappa shape index (κ3) is 11.5. The zero-order chi connectivity index (χ0) is 21.5. The van der Waals surface area contributed by atoms with Crippen LogP contribution in [0.2, 0.25) is 0 Å². The van der Waals surface area contributed by atoms with Gasteiger partial charge in [-0.15, -0.1) is 0 Å². The van der Waals surface area contributed by atoms with Gasteiger partial charge in [0.25, 0.3) is 11.8 Å². The topological polar surface area (TPSA) is 111 Å². The standard InChI is InChI=1S/C17H29N3O5S.C2H6.Y/c1-3-12(11-21)16(24)13(25-2)5-4-8-18-17(26)19-9-10-20-14(22)6-7-15(20)23;1-2;/h6-7,12-13,16,21,24H,3-5,8-11H2,1-2H3,(H2,18,19,26);1-2H3;. The third-order valence-electron chi connectivity index (χ3n) is 4.40. The van der Waals surface area contributed by atoms with E-state index in [-0.39, 0.29) is 69.7 Å². The maximum atomic E-state index is 11.4. The number of imide groups is 1. The summed E-state index contributed by atoms with van der Waals surface area (Å²) >= 11 is 5.15. The number of thiocarbonyl (C=S) groups is 1.